The Morgan fingerprint density at radius 1 is 1.08 bits per heavy atom. The standard InChI is InChI=1S/C11H12N2/c1-8-11(13-9(2)12-8)10-6-4-3-5-7-10/h3-7H,1-2H3,(H,12,13). The predicted octanol–water partition coefficient (Wildman–Crippen LogP) is 2.69. The normalized spacial score (nSPS) is 10.3. The van der Waals surface area contributed by atoms with Gasteiger partial charge in [0.25, 0.3) is 0 Å². The molecule has 2 aromatic rings. The molecule has 66 valence electrons. The van der Waals surface area contributed by atoms with Gasteiger partial charge in [0, 0.05) is 11.3 Å². The molecule has 1 heterocycles. The first-order valence-corrected chi connectivity index (χ1v) is 4.36. The Balaban J connectivity index is 2.53. The first-order valence-electron chi connectivity index (χ1n) is 4.36. The molecule has 13 heavy (non-hydrogen) atoms. The molecule has 0 saturated heterocycles. The van der Waals surface area contributed by atoms with Crippen LogP contribution in [0.4, 0.5) is 0 Å². The Labute approximate surface area is 77.6 Å². The number of nitrogens with one attached hydrogen (secondary N) is 1. The molecule has 0 aliphatic carbocycles. The van der Waals surface area contributed by atoms with Crippen LogP contribution in [0.2, 0.25) is 0 Å². The van der Waals surface area contributed by atoms with Crippen LogP contribution in [0, 0.1) is 13.8 Å². The van der Waals surface area contributed by atoms with E-state index in [0.29, 0.717) is 0 Å². The van der Waals surface area contributed by atoms with Crippen molar-refractivity contribution in [3.05, 3.63) is 41.9 Å². The summed E-state index contributed by atoms with van der Waals surface area (Å²) in [5.74, 6) is 0.969. The van der Waals surface area contributed by atoms with Gasteiger partial charge in [-0.15, -0.1) is 0 Å². The number of rotatable bonds is 1. The lowest BCUT2D eigenvalue weighted by atomic mass is 10.1. The first kappa shape index (κ1) is 8.05. The number of imidazole rings is 1. The molecule has 2 nitrogen and oxygen atoms in total. The summed E-state index contributed by atoms with van der Waals surface area (Å²) < 4.78 is 0. The van der Waals surface area contributed by atoms with E-state index in [2.05, 4.69) is 22.1 Å². The van der Waals surface area contributed by atoms with Crippen LogP contribution in [-0.2, 0) is 0 Å². The monoisotopic (exact) mass is 172 g/mol. The third-order valence-corrected chi connectivity index (χ3v) is 2.05. The van der Waals surface area contributed by atoms with Crippen molar-refractivity contribution in [2.45, 2.75) is 13.8 Å². The zero-order chi connectivity index (χ0) is 9.26. The minimum atomic E-state index is 0.969. The van der Waals surface area contributed by atoms with E-state index in [0.717, 1.165) is 17.2 Å². The largest absolute Gasteiger partial charge is 0.346 e. The fourth-order valence-corrected chi connectivity index (χ4v) is 1.49. The Hall–Kier alpha value is -1.57. The molecule has 0 fully saturated rings. The topological polar surface area (TPSA) is 28.7 Å². The Kier molecular flexibility index (Phi) is 1.89. The van der Waals surface area contributed by atoms with Gasteiger partial charge in [-0.25, -0.2) is 4.98 Å². The second-order valence-corrected chi connectivity index (χ2v) is 3.16. The van der Waals surface area contributed by atoms with Crippen molar-refractivity contribution in [3.8, 4) is 11.3 Å². The van der Waals surface area contributed by atoms with Gasteiger partial charge in [-0.1, -0.05) is 30.3 Å². The zero-order valence-corrected chi connectivity index (χ0v) is 7.83. The molecular weight excluding hydrogens is 160 g/mol. The maximum absolute atomic E-state index is 4.42. The molecule has 0 unspecified atom stereocenters. The van der Waals surface area contributed by atoms with Crippen LogP contribution in [-0.4, -0.2) is 9.97 Å². The summed E-state index contributed by atoms with van der Waals surface area (Å²) >= 11 is 0. The van der Waals surface area contributed by atoms with E-state index in [1.54, 1.807) is 0 Å². The summed E-state index contributed by atoms with van der Waals surface area (Å²) in [5.41, 5.74) is 3.35. The summed E-state index contributed by atoms with van der Waals surface area (Å²) in [4.78, 5) is 7.62. The molecule has 0 spiro atoms. The molecule has 1 aromatic carbocycles. The van der Waals surface area contributed by atoms with E-state index in [4.69, 9.17) is 0 Å². The highest BCUT2D eigenvalue weighted by atomic mass is 14.9. The number of aryl methyl sites for hydroxylation is 2. The second-order valence-electron chi connectivity index (χ2n) is 3.16. The summed E-state index contributed by atoms with van der Waals surface area (Å²) in [5, 5.41) is 0. The van der Waals surface area contributed by atoms with Gasteiger partial charge in [-0.2, -0.15) is 0 Å². The maximum Gasteiger partial charge on any atom is 0.103 e. The van der Waals surface area contributed by atoms with E-state index >= 15 is 0 Å². The van der Waals surface area contributed by atoms with Crippen molar-refractivity contribution in [2.24, 2.45) is 0 Å². The van der Waals surface area contributed by atoms with Gasteiger partial charge in [0.05, 0.1) is 5.69 Å². The average molecular weight is 172 g/mol. The number of H-pyrrole nitrogens is 1. The summed E-state index contributed by atoms with van der Waals surface area (Å²) in [7, 11) is 0. The molecule has 0 bridgehead atoms. The Morgan fingerprint density at radius 2 is 1.77 bits per heavy atom. The van der Waals surface area contributed by atoms with Gasteiger partial charge in [-0.3, -0.25) is 0 Å². The molecule has 0 saturated carbocycles. The third kappa shape index (κ3) is 1.47. The third-order valence-electron chi connectivity index (χ3n) is 2.05. The van der Waals surface area contributed by atoms with E-state index in [-0.39, 0.29) is 0 Å². The minimum absolute atomic E-state index is 0.969. The highest BCUT2D eigenvalue weighted by molar-refractivity contribution is 5.61. The van der Waals surface area contributed by atoms with Crippen LogP contribution >= 0.6 is 0 Å². The number of aromatic amines is 1. The lowest BCUT2D eigenvalue weighted by Gasteiger charge is -1.96. The van der Waals surface area contributed by atoms with Crippen molar-refractivity contribution in [2.75, 3.05) is 0 Å². The van der Waals surface area contributed by atoms with Crippen LogP contribution in [0.3, 0.4) is 0 Å². The summed E-state index contributed by atoms with van der Waals surface area (Å²) in [6.07, 6.45) is 0. The van der Waals surface area contributed by atoms with Crippen molar-refractivity contribution in [1.82, 2.24) is 9.97 Å². The zero-order valence-electron chi connectivity index (χ0n) is 7.83. The van der Waals surface area contributed by atoms with E-state index < -0.39 is 0 Å². The van der Waals surface area contributed by atoms with Gasteiger partial charge in [-0.05, 0) is 13.8 Å². The number of nitrogens with zero attached hydrogens (tertiary/aromatic N) is 1. The van der Waals surface area contributed by atoms with E-state index in [9.17, 15) is 0 Å². The van der Waals surface area contributed by atoms with Gasteiger partial charge >= 0.3 is 0 Å². The molecule has 2 heteroatoms. The molecule has 1 N–H and O–H groups in total. The maximum atomic E-state index is 4.42. The predicted molar refractivity (Wildman–Crippen MR) is 53.5 cm³/mol. The number of hydrogen-bond acceptors (Lipinski definition) is 1. The Morgan fingerprint density at radius 3 is 2.31 bits per heavy atom. The highest BCUT2D eigenvalue weighted by Gasteiger charge is 2.04. The number of hydrogen-bond donors (Lipinski definition) is 1. The van der Waals surface area contributed by atoms with Gasteiger partial charge in [0.15, 0.2) is 0 Å². The minimum Gasteiger partial charge on any atom is -0.346 e. The van der Waals surface area contributed by atoms with Crippen molar-refractivity contribution < 1.29 is 0 Å². The molecule has 2 rings (SSSR count). The van der Waals surface area contributed by atoms with Gasteiger partial charge < -0.3 is 4.98 Å². The lowest BCUT2D eigenvalue weighted by Crippen LogP contribution is -1.79. The highest BCUT2D eigenvalue weighted by Crippen LogP contribution is 2.19. The summed E-state index contributed by atoms with van der Waals surface area (Å²) in [6, 6.07) is 10.2. The molecule has 0 amide bonds. The summed E-state index contributed by atoms with van der Waals surface area (Å²) in [6.45, 7) is 4.02. The van der Waals surface area contributed by atoms with Crippen LogP contribution in [0.15, 0.2) is 30.3 Å². The first-order chi connectivity index (χ1) is 6.27. The Bertz CT molecular complexity index is 401. The smallest absolute Gasteiger partial charge is 0.103 e. The SMILES string of the molecule is Cc1nc(-c2ccccc2)c(C)[nH]1. The molecule has 1 aromatic heterocycles. The van der Waals surface area contributed by atoms with Crippen molar-refractivity contribution in [3.63, 3.8) is 0 Å². The van der Waals surface area contributed by atoms with Crippen LogP contribution in [0.1, 0.15) is 11.5 Å². The van der Waals surface area contributed by atoms with E-state index in [1.165, 1.54) is 5.56 Å². The van der Waals surface area contributed by atoms with E-state index in [1.807, 2.05) is 32.0 Å². The van der Waals surface area contributed by atoms with Crippen LogP contribution in [0.5, 0.6) is 0 Å². The molecule has 0 atom stereocenters. The number of aromatic nitrogens is 2. The fourth-order valence-electron chi connectivity index (χ4n) is 1.49. The lowest BCUT2D eigenvalue weighted by molar-refractivity contribution is 1.13. The van der Waals surface area contributed by atoms with Crippen LogP contribution in [0.25, 0.3) is 11.3 Å². The van der Waals surface area contributed by atoms with Crippen LogP contribution < -0.4 is 0 Å². The number of benzene rings is 1. The van der Waals surface area contributed by atoms with Crippen molar-refractivity contribution >= 4 is 0 Å². The molecule has 0 aliphatic rings. The quantitative estimate of drug-likeness (QED) is 0.704. The van der Waals surface area contributed by atoms with Crippen molar-refractivity contribution in [1.29, 1.82) is 0 Å². The second kappa shape index (κ2) is 3.05. The van der Waals surface area contributed by atoms with Gasteiger partial charge in [0.2, 0.25) is 0 Å². The average Bonchev–Trinajstić information content (AvgIpc) is 2.47. The fraction of sp³-hybridized carbons (Fsp3) is 0.182. The van der Waals surface area contributed by atoms with Gasteiger partial charge in [0.1, 0.15) is 5.82 Å². The molecule has 0 radical (unpaired) electrons. The molecule has 0 aliphatic heterocycles. The molecular formula is C11H12N2.